The second-order valence-electron chi connectivity index (χ2n) is 5.16. The van der Waals surface area contributed by atoms with E-state index in [1.807, 2.05) is 0 Å². The van der Waals surface area contributed by atoms with Crippen LogP contribution in [-0.2, 0) is 20.7 Å². The van der Waals surface area contributed by atoms with E-state index in [2.05, 4.69) is 16.5 Å². The van der Waals surface area contributed by atoms with Gasteiger partial charge >= 0.3 is 11.9 Å². The number of carbonyl (C=O) groups is 2. The highest BCUT2D eigenvalue weighted by Crippen LogP contribution is 2.20. The van der Waals surface area contributed by atoms with Gasteiger partial charge in [0.25, 0.3) is 0 Å². The summed E-state index contributed by atoms with van der Waals surface area (Å²) >= 11 is 0. The largest absolute Gasteiger partial charge is 0.459 e. The number of hydrogen-bond acceptors (Lipinski definition) is 5. The van der Waals surface area contributed by atoms with Gasteiger partial charge in [0.2, 0.25) is 0 Å². The van der Waals surface area contributed by atoms with E-state index in [1.54, 1.807) is 32.0 Å². The normalized spacial score (nSPS) is 12.0. The summed E-state index contributed by atoms with van der Waals surface area (Å²) in [6, 6.07) is 5.15. The number of esters is 2. The highest BCUT2D eigenvalue weighted by atomic mass is 16.5. The average Bonchev–Trinajstić information content (AvgIpc) is 2.78. The first-order valence-corrected chi connectivity index (χ1v) is 6.88. The molecule has 116 valence electrons. The molecule has 22 heavy (non-hydrogen) atoms. The molecule has 6 nitrogen and oxygen atoms in total. The van der Waals surface area contributed by atoms with E-state index in [1.165, 1.54) is 6.92 Å². The molecule has 1 heterocycles. The molecule has 0 spiro atoms. The molecular weight excluding hydrogens is 284 g/mol. The summed E-state index contributed by atoms with van der Waals surface area (Å²) in [5.74, 6) is 0.356. The molecule has 2 rings (SSSR count). The van der Waals surface area contributed by atoms with E-state index < -0.39 is 5.97 Å². The fraction of sp³-hybridized carbons (Fsp3) is 0.312. The fourth-order valence-electron chi connectivity index (χ4n) is 1.96. The van der Waals surface area contributed by atoms with Crippen LogP contribution in [0.4, 0.5) is 0 Å². The van der Waals surface area contributed by atoms with Crippen LogP contribution in [0.2, 0.25) is 0 Å². The summed E-state index contributed by atoms with van der Waals surface area (Å²) < 4.78 is 10.2. The first kappa shape index (κ1) is 15.8. The molecule has 1 N–H and O–H groups in total. The molecule has 0 bridgehead atoms. The number of imidazole rings is 1. The zero-order chi connectivity index (χ0) is 16.3. The molecule has 0 saturated heterocycles. The smallest absolute Gasteiger partial charge is 0.333 e. The molecule has 0 aliphatic rings. The van der Waals surface area contributed by atoms with Gasteiger partial charge in [0.05, 0.1) is 11.0 Å². The number of H-pyrrole nitrogens is 1. The Morgan fingerprint density at radius 1 is 1.36 bits per heavy atom. The van der Waals surface area contributed by atoms with Crippen molar-refractivity contribution < 1.29 is 19.1 Å². The van der Waals surface area contributed by atoms with Crippen LogP contribution in [0.5, 0.6) is 5.75 Å². The number of rotatable bonds is 5. The maximum absolute atomic E-state index is 11.5. The quantitative estimate of drug-likeness (QED) is 0.521. The number of benzene rings is 1. The van der Waals surface area contributed by atoms with E-state index in [0.717, 1.165) is 11.0 Å². The lowest BCUT2D eigenvalue weighted by Crippen LogP contribution is -2.18. The van der Waals surface area contributed by atoms with Crippen molar-refractivity contribution in [3.63, 3.8) is 0 Å². The van der Waals surface area contributed by atoms with Crippen LogP contribution >= 0.6 is 0 Å². The van der Waals surface area contributed by atoms with Crippen LogP contribution in [-0.4, -0.2) is 28.0 Å². The summed E-state index contributed by atoms with van der Waals surface area (Å²) in [6.45, 7) is 8.29. The molecular formula is C16H18N2O4. The Balaban J connectivity index is 2.10. The zero-order valence-electron chi connectivity index (χ0n) is 12.8. The van der Waals surface area contributed by atoms with Crippen molar-refractivity contribution in [2.24, 2.45) is 0 Å². The second kappa shape index (κ2) is 6.43. The summed E-state index contributed by atoms with van der Waals surface area (Å²) in [7, 11) is 0. The van der Waals surface area contributed by atoms with Crippen molar-refractivity contribution in [3.05, 3.63) is 36.2 Å². The number of ether oxygens (including phenoxy) is 2. The molecule has 6 heteroatoms. The monoisotopic (exact) mass is 302 g/mol. The SMILES string of the molecule is C=C(C)C(=O)OC(C)Cc1nc2ccc(OC(C)=O)cc2[nH]1. The molecule has 2 aromatic rings. The number of aromatic amines is 1. The average molecular weight is 302 g/mol. The van der Waals surface area contributed by atoms with Crippen molar-refractivity contribution in [2.45, 2.75) is 33.3 Å². The van der Waals surface area contributed by atoms with Gasteiger partial charge in [-0.2, -0.15) is 0 Å². The third-order valence-corrected chi connectivity index (χ3v) is 2.90. The van der Waals surface area contributed by atoms with Gasteiger partial charge in [-0.3, -0.25) is 4.79 Å². The number of nitrogens with one attached hydrogen (secondary N) is 1. The number of aromatic nitrogens is 2. The minimum Gasteiger partial charge on any atom is -0.459 e. The standard InChI is InChI=1S/C16H18N2O4/c1-9(2)16(20)21-10(3)7-15-17-13-6-5-12(22-11(4)19)8-14(13)18-15/h5-6,8,10H,1,7H2,2-4H3,(H,17,18). The van der Waals surface area contributed by atoms with Crippen LogP contribution in [0.3, 0.4) is 0 Å². The minimum absolute atomic E-state index is 0.322. The highest BCUT2D eigenvalue weighted by Gasteiger charge is 2.13. The van der Waals surface area contributed by atoms with E-state index in [4.69, 9.17) is 9.47 Å². The topological polar surface area (TPSA) is 81.3 Å². The maximum Gasteiger partial charge on any atom is 0.333 e. The first-order chi connectivity index (χ1) is 10.3. The van der Waals surface area contributed by atoms with Crippen LogP contribution < -0.4 is 4.74 Å². The van der Waals surface area contributed by atoms with Gasteiger partial charge in [-0.25, -0.2) is 9.78 Å². The lowest BCUT2D eigenvalue weighted by Gasteiger charge is -2.11. The van der Waals surface area contributed by atoms with Gasteiger partial charge in [0, 0.05) is 25.0 Å². The van der Waals surface area contributed by atoms with Crippen LogP contribution in [0.1, 0.15) is 26.6 Å². The Morgan fingerprint density at radius 2 is 2.09 bits per heavy atom. The van der Waals surface area contributed by atoms with Crippen molar-refractivity contribution in [2.75, 3.05) is 0 Å². The summed E-state index contributed by atoms with van der Waals surface area (Å²) in [6.07, 6.45) is 0.133. The first-order valence-electron chi connectivity index (χ1n) is 6.88. The Kier molecular flexibility index (Phi) is 4.60. The van der Waals surface area contributed by atoms with Gasteiger partial charge in [-0.05, 0) is 26.0 Å². The Hall–Kier alpha value is -2.63. The van der Waals surface area contributed by atoms with Crippen molar-refractivity contribution in [3.8, 4) is 5.75 Å². The minimum atomic E-state index is -0.416. The van der Waals surface area contributed by atoms with E-state index in [-0.39, 0.29) is 12.1 Å². The van der Waals surface area contributed by atoms with Crippen molar-refractivity contribution in [1.29, 1.82) is 0 Å². The summed E-state index contributed by atoms with van der Waals surface area (Å²) in [5.41, 5.74) is 1.87. The zero-order valence-corrected chi connectivity index (χ0v) is 12.8. The molecule has 0 amide bonds. The molecule has 0 radical (unpaired) electrons. The molecule has 1 unspecified atom stereocenters. The van der Waals surface area contributed by atoms with Crippen LogP contribution in [0, 0.1) is 0 Å². The lowest BCUT2D eigenvalue weighted by atomic mass is 10.2. The molecule has 1 aromatic heterocycles. The Morgan fingerprint density at radius 3 is 2.73 bits per heavy atom. The molecule has 0 fully saturated rings. The van der Waals surface area contributed by atoms with Crippen molar-refractivity contribution >= 4 is 23.0 Å². The Labute approximate surface area is 128 Å². The molecule has 0 aliphatic carbocycles. The number of fused-ring (bicyclic) bond motifs is 1. The third-order valence-electron chi connectivity index (χ3n) is 2.90. The summed E-state index contributed by atoms with van der Waals surface area (Å²) in [4.78, 5) is 30.0. The van der Waals surface area contributed by atoms with Crippen molar-refractivity contribution in [1.82, 2.24) is 9.97 Å². The second-order valence-corrected chi connectivity index (χ2v) is 5.16. The van der Waals surface area contributed by atoms with Gasteiger partial charge in [-0.15, -0.1) is 0 Å². The van der Waals surface area contributed by atoms with Gasteiger partial charge in [-0.1, -0.05) is 6.58 Å². The van der Waals surface area contributed by atoms with Gasteiger partial charge in [0.1, 0.15) is 17.7 Å². The number of hydrogen-bond donors (Lipinski definition) is 1. The highest BCUT2D eigenvalue weighted by molar-refractivity contribution is 5.87. The van der Waals surface area contributed by atoms with Gasteiger partial charge < -0.3 is 14.5 Å². The van der Waals surface area contributed by atoms with E-state index in [0.29, 0.717) is 23.6 Å². The third kappa shape index (κ3) is 3.94. The number of nitrogens with zero attached hydrogens (tertiary/aromatic N) is 1. The predicted molar refractivity (Wildman–Crippen MR) is 81.5 cm³/mol. The number of carbonyl (C=O) groups excluding carboxylic acids is 2. The maximum atomic E-state index is 11.5. The molecule has 1 atom stereocenters. The lowest BCUT2D eigenvalue weighted by molar-refractivity contribution is -0.143. The van der Waals surface area contributed by atoms with E-state index in [9.17, 15) is 9.59 Å². The Bertz CT molecular complexity index is 733. The molecule has 0 aliphatic heterocycles. The summed E-state index contributed by atoms with van der Waals surface area (Å²) in [5, 5.41) is 0. The molecule has 1 aromatic carbocycles. The van der Waals surface area contributed by atoms with Crippen LogP contribution in [0.15, 0.2) is 30.4 Å². The fourth-order valence-corrected chi connectivity index (χ4v) is 1.96. The molecule has 0 saturated carbocycles. The van der Waals surface area contributed by atoms with Crippen LogP contribution in [0.25, 0.3) is 11.0 Å². The predicted octanol–water partition coefficient (Wildman–Crippen LogP) is 2.54. The van der Waals surface area contributed by atoms with E-state index >= 15 is 0 Å². The van der Waals surface area contributed by atoms with Gasteiger partial charge in [0.15, 0.2) is 0 Å².